The molecule has 2 aromatic carbocycles. The van der Waals surface area contributed by atoms with Crippen molar-refractivity contribution in [3.63, 3.8) is 0 Å². The highest BCUT2D eigenvalue weighted by Crippen LogP contribution is 2.32. The summed E-state index contributed by atoms with van der Waals surface area (Å²) in [4.78, 5) is 14.2. The van der Waals surface area contributed by atoms with Crippen LogP contribution in [0, 0.1) is 5.82 Å². The van der Waals surface area contributed by atoms with Crippen LogP contribution in [-0.2, 0) is 0 Å². The number of benzene rings is 2. The van der Waals surface area contributed by atoms with E-state index in [9.17, 15) is 9.18 Å². The van der Waals surface area contributed by atoms with Crippen LogP contribution in [0.2, 0.25) is 5.02 Å². The zero-order valence-corrected chi connectivity index (χ0v) is 12.7. The van der Waals surface area contributed by atoms with Crippen molar-refractivity contribution in [2.45, 2.75) is 18.9 Å². The summed E-state index contributed by atoms with van der Waals surface area (Å²) >= 11 is 5.92. The molecule has 22 heavy (non-hydrogen) atoms. The second-order valence-electron chi connectivity index (χ2n) is 5.35. The fourth-order valence-corrected chi connectivity index (χ4v) is 3.02. The second kappa shape index (κ2) is 6.36. The lowest BCUT2D eigenvalue weighted by molar-refractivity contribution is 0.207. The zero-order chi connectivity index (χ0) is 15.5. The van der Waals surface area contributed by atoms with E-state index in [1.54, 1.807) is 35.2 Å². The number of urea groups is 1. The number of carbonyl (C=O) groups excluding carboxylic acids is 1. The Balaban J connectivity index is 1.76. The van der Waals surface area contributed by atoms with Gasteiger partial charge >= 0.3 is 6.03 Å². The third-order valence-electron chi connectivity index (χ3n) is 3.82. The molecule has 1 atom stereocenters. The third kappa shape index (κ3) is 3.22. The first-order chi connectivity index (χ1) is 10.6. The van der Waals surface area contributed by atoms with Crippen molar-refractivity contribution in [1.82, 2.24) is 4.90 Å². The molecule has 0 saturated carbocycles. The van der Waals surface area contributed by atoms with Gasteiger partial charge in [0, 0.05) is 17.3 Å². The summed E-state index contributed by atoms with van der Waals surface area (Å²) < 4.78 is 13.4. The summed E-state index contributed by atoms with van der Waals surface area (Å²) in [5.41, 5.74) is 1.49. The van der Waals surface area contributed by atoms with E-state index in [1.165, 1.54) is 12.1 Å². The summed E-state index contributed by atoms with van der Waals surface area (Å²) in [6.45, 7) is 0.660. The van der Waals surface area contributed by atoms with Gasteiger partial charge in [-0.05, 0) is 48.7 Å². The molecule has 0 aliphatic carbocycles. The Labute approximate surface area is 133 Å². The SMILES string of the molecule is O=C(Nc1cccc(Cl)c1)N1CCCC1c1cccc(F)c1. The molecule has 5 heteroatoms. The minimum Gasteiger partial charge on any atom is -0.317 e. The van der Waals surface area contributed by atoms with E-state index in [1.807, 2.05) is 6.07 Å². The monoisotopic (exact) mass is 318 g/mol. The molecule has 0 spiro atoms. The predicted molar refractivity (Wildman–Crippen MR) is 85.6 cm³/mol. The maximum absolute atomic E-state index is 13.4. The summed E-state index contributed by atoms with van der Waals surface area (Å²) in [5, 5.41) is 3.42. The molecular formula is C17H16ClFN2O. The number of anilines is 1. The number of nitrogens with zero attached hydrogens (tertiary/aromatic N) is 1. The van der Waals surface area contributed by atoms with Gasteiger partial charge in [0.25, 0.3) is 0 Å². The van der Waals surface area contributed by atoms with Gasteiger partial charge < -0.3 is 10.2 Å². The van der Waals surface area contributed by atoms with Crippen LogP contribution < -0.4 is 5.32 Å². The first kappa shape index (κ1) is 14.9. The first-order valence-electron chi connectivity index (χ1n) is 7.22. The molecule has 2 aromatic rings. The minimum absolute atomic E-state index is 0.0881. The Morgan fingerprint density at radius 2 is 2.05 bits per heavy atom. The van der Waals surface area contributed by atoms with E-state index < -0.39 is 0 Å². The Morgan fingerprint density at radius 1 is 1.23 bits per heavy atom. The van der Waals surface area contributed by atoms with Gasteiger partial charge in [0.15, 0.2) is 0 Å². The zero-order valence-electron chi connectivity index (χ0n) is 11.9. The highest BCUT2D eigenvalue weighted by molar-refractivity contribution is 6.30. The van der Waals surface area contributed by atoms with Crippen LogP contribution in [0.3, 0.4) is 0 Å². The normalized spacial score (nSPS) is 17.5. The molecule has 2 amide bonds. The van der Waals surface area contributed by atoms with Crippen LogP contribution in [-0.4, -0.2) is 17.5 Å². The molecule has 1 heterocycles. The Hall–Kier alpha value is -2.07. The molecule has 0 radical (unpaired) electrons. The summed E-state index contributed by atoms with van der Waals surface area (Å²) in [6, 6.07) is 13.2. The predicted octanol–water partition coefficient (Wildman–Crippen LogP) is 4.85. The van der Waals surface area contributed by atoms with Crippen molar-refractivity contribution in [1.29, 1.82) is 0 Å². The van der Waals surface area contributed by atoms with E-state index in [0.717, 1.165) is 18.4 Å². The van der Waals surface area contributed by atoms with Gasteiger partial charge in [-0.2, -0.15) is 0 Å². The number of hydrogen-bond donors (Lipinski definition) is 1. The van der Waals surface area contributed by atoms with E-state index in [4.69, 9.17) is 11.6 Å². The summed E-state index contributed by atoms with van der Waals surface area (Å²) in [7, 11) is 0. The number of halogens is 2. The number of hydrogen-bond acceptors (Lipinski definition) is 1. The van der Waals surface area contributed by atoms with E-state index in [0.29, 0.717) is 17.3 Å². The summed E-state index contributed by atoms with van der Waals surface area (Å²) in [6.07, 6.45) is 1.75. The number of rotatable bonds is 2. The van der Waals surface area contributed by atoms with Gasteiger partial charge in [-0.3, -0.25) is 0 Å². The minimum atomic E-state index is -0.278. The van der Waals surface area contributed by atoms with Crippen LogP contribution in [0.1, 0.15) is 24.4 Å². The van der Waals surface area contributed by atoms with Gasteiger partial charge in [-0.25, -0.2) is 9.18 Å². The Morgan fingerprint density at radius 3 is 2.82 bits per heavy atom. The van der Waals surface area contributed by atoms with Gasteiger partial charge in [-0.15, -0.1) is 0 Å². The van der Waals surface area contributed by atoms with Crippen molar-refractivity contribution in [3.8, 4) is 0 Å². The van der Waals surface area contributed by atoms with E-state index >= 15 is 0 Å². The molecule has 1 aliphatic heterocycles. The molecule has 1 N–H and O–H groups in total. The van der Waals surface area contributed by atoms with Crippen molar-refractivity contribution in [2.24, 2.45) is 0 Å². The largest absolute Gasteiger partial charge is 0.322 e. The molecule has 114 valence electrons. The van der Waals surface area contributed by atoms with Crippen LogP contribution in [0.4, 0.5) is 14.9 Å². The molecule has 1 saturated heterocycles. The molecule has 1 unspecified atom stereocenters. The smallest absolute Gasteiger partial charge is 0.317 e. The van der Waals surface area contributed by atoms with Gasteiger partial charge in [-0.1, -0.05) is 29.8 Å². The first-order valence-corrected chi connectivity index (χ1v) is 7.60. The molecule has 1 aliphatic rings. The maximum atomic E-state index is 13.4. The van der Waals surface area contributed by atoms with Crippen LogP contribution in [0.15, 0.2) is 48.5 Å². The molecule has 3 rings (SSSR count). The second-order valence-corrected chi connectivity index (χ2v) is 5.78. The Kier molecular flexibility index (Phi) is 4.29. The van der Waals surface area contributed by atoms with Crippen molar-refractivity contribution in [3.05, 3.63) is 64.9 Å². The van der Waals surface area contributed by atoms with Gasteiger partial charge in [0.05, 0.1) is 6.04 Å². The number of likely N-dealkylation sites (tertiary alicyclic amines) is 1. The maximum Gasteiger partial charge on any atom is 0.322 e. The van der Waals surface area contributed by atoms with Crippen molar-refractivity contribution in [2.75, 3.05) is 11.9 Å². The quantitative estimate of drug-likeness (QED) is 0.843. The third-order valence-corrected chi connectivity index (χ3v) is 4.06. The van der Waals surface area contributed by atoms with Crippen LogP contribution >= 0.6 is 11.6 Å². The molecule has 0 bridgehead atoms. The topological polar surface area (TPSA) is 32.3 Å². The van der Waals surface area contributed by atoms with Gasteiger partial charge in [0.2, 0.25) is 0 Å². The average molecular weight is 319 g/mol. The fourth-order valence-electron chi connectivity index (χ4n) is 2.83. The lowest BCUT2D eigenvalue weighted by atomic mass is 10.0. The van der Waals surface area contributed by atoms with E-state index in [-0.39, 0.29) is 17.9 Å². The number of amides is 2. The molecular weight excluding hydrogens is 303 g/mol. The van der Waals surface area contributed by atoms with Crippen molar-refractivity contribution < 1.29 is 9.18 Å². The van der Waals surface area contributed by atoms with Crippen LogP contribution in [0.5, 0.6) is 0 Å². The lowest BCUT2D eigenvalue weighted by Crippen LogP contribution is -2.34. The molecule has 1 fully saturated rings. The molecule has 3 nitrogen and oxygen atoms in total. The highest BCUT2D eigenvalue weighted by Gasteiger charge is 2.30. The van der Waals surface area contributed by atoms with Crippen molar-refractivity contribution >= 4 is 23.3 Å². The average Bonchev–Trinajstić information content (AvgIpc) is 2.97. The van der Waals surface area contributed by atoms with Crippen LogP contribution in [0.25, 0.3) is 0 Å². The fraction of sp³-hybridized carbons (Fsp3) is 0.235. The Bertz CT molecular complexity index is 692. The lowest BCUT2D eigenvalue weighted by Gasteiger charge is -2.25. The summed E-state index contributed by atoms with van der Waals surface area (Å²) in [5.74, 6) is -0.278. The molecule has 0 aromatic heterocycles. The standard InChI is InChI=1S/C17H16ClFN2O/c18-13-5-2-7-15(11-13)20-17(22)21-9-3-8-16(21)12-4-1-6-14(19)10-12/h1-2,4-7,10-11,16H,3,8-9H2,(H,20,22). The highest BCUT2D eigenvalue weighted by atomic mass is 35.5. The number of nitrogens with one attached hydrogen (secondary N) is 1. The van der Waals surface area contributed by atoms with E-state index in [2.05, 4.69) is 5.32 Å². The number of carbonyl (C=O) groups is 1. The van der Waals surface area contributed by atoms with Gasteiger partial charge in [0.1, 0.15) is 5.82 Å².